The van der Waals surface area contributed by atoms with Gasteiger partial charge in [0.25, 0.3) is 0 Å². The molecule has 10 aliphatic carbocycles. The average Bonchev–Trinajstić information content (AvgIpc) is 3.86. The van der Waals surface area contributed by atoms with E-state index in [2.05, 4.69) is 12.1 Å². The zero-order valence-electron chi connectivity index (χ0n) is 26.9. The van der Waals surface area contributed by atoms with Crippen LogP contribution in [0.5, 0.6) is 0 Å². The van der Waals surface area contributed by atoms with Gasteiger partial charge in [-0.25, -0.2) is 0 Å². The summed E-state index contributed by atoms with van der Waals surface area (Å²) < 4.78 is 0. The molecule has 10 heteroatoms. The highest BCUT2D eigenvalue weighted by atomic mass is 16.3. The van der Waals surface area contributed by atoms with E-state index in [-0.39, 0.29) is 46.8 Å². The van der Waals surface area contributed by atoms with Crippen molar-refractivity contribution in [3.8, 4) is 12.1 Å². The van der Waals surface area contributed by atoms with E-state index in [1.165, 1.54) is 12.8 Å². The maximum atomic E-state index is 13.1. The zero-order valence-corrected chi connectivity index (χ0v) is 26.9. The summed E-state index contributed by atoms with van der Waals surface area (Å²) in [4.78, 5) is 29.9. The minimum Gasteiger partial charge on any atom is -0.390 e. The summed E-state index contributed by atoms with van der Waals surface area (Å²) in [6.45, 7) is 0. The molecule has 2 aliphatic heterocycles. The van der Waals surface area contributed by atoms with Crippen molar-refractivity contribution in [2.75, 3.05) is 0 Å². The number of aliphatic hydroxyl groups is 2. The van der Waals surface area contributed by atoms with E-state index >= 15 is 0 Å². The SMILES string of the molecule is N#C[C@@H]1C[C@@H]2C[C@@H]2N1C(=O)[C@@H](N)C12CC3CC(CC(O)(C3)C1)C2.N#C[C@@H]1C[C@@H]2C[C@@H]2N1C(=O)[C@@H](N)C12CC3CC(CC(O)(C3)C1)C2. The molecule has 2 saturated heterocycles. The molecule has 0 radical (unpaired) electrons. The summed E-state index contributed by atoms with van der Waals surface area (Å²) in [7, 11) is 0. The molecule has 10 saturated carbocycles. The van der Waals surface area contributed by atoms with Crippen LogP contribution >= 0.6 is 0 Å². The van der Waals surface area contributed by atoms with E-state index in [0.29, 0.717) is 48.3 Å². The monoisotopic (exact) mass is 630 g/mol. The number of hydrogen-bond acceptors (Lipinski definition) is 8. The van der Waals surface area contributed by atoms with Crippen LogP contribution in [0, 0.1) is 69.0 Å². The largest absolute Gasteiger partial charge is 0.390 e. The highest BCUT2D eigenvalue weighted by Crippen LogP contribution is 2.64. The molecule has 0 aromatic heterocycles. The van der Waals surface area contributed by atoms with Crippen LogP contribution in [-0.4, -0.2) is 79.3 Å². The molecule has 4 unspecified atom stereocenters. The van der Waals surface area contributed by atoms with Gasteiger partial charge in [-0.3, -0.25) is 9.59 Å². The number of piperidine rings is 2. The number of nitrogens with two attached hydrogens (primary N) is 2. The number of nitriles is 2. The van der Waals surface area contributed by atoms with E-state index in [0.717, 1.165) is 77.0 Å². The van der Waals surface area contributed by atoms with Gasteiger partial charge in [0.15, 0.2) is 0 Å². The molecule has 2 amide bonds. The molecule has 0 aromatic rings. The summed E-state index contributed by atoms with van der Waals surface area (Å²) in [5, 5.41) is 40.5. The van der Waals surface area contributed by atoms with Crippen LogP contribution in [0.4, 0.5) is 0 Å². The maximum Gasteiger partial charge on any atom is 0.241 e. The van der Waals surface area contributed by atoms with Gasteiger partial charge in [0, 0.05) is 12.1 Å². The first-order chi connectivity index (χ1) is 21.9. The van der Waals surface area contributed by atoms with Crippen molar-refractivity contribution in [2.24, 2.45) is 57.8 Å². The predicted octanol–water partition coefficient (Wildman–Crippen LogP) is 2.32. The van der Waals surface area contributed by atoms with Crippen LogP contribution in [0.1, 0.15) is 103 Å². The highest BCUT2D eigenvalue weighted by Gasteiger charge is 2.64. The van der Waals surface area contributed by atoms with Crippen molar-refractivity contribution >= 4 is 11.8 Å². The van der Waals surface area contributed by atoms with Crippen molar-refractivity contribution in [3.63, 3.8) is 0 Å². The van der Waals surface area contributed by atoms with Gasteiger partial charge in [-0.1, -0.05) is 0 Å². The zero-order chi connectivity index (χ0) is 32.0. The van der Waals surface area contributed by atoms with Crippen molar-refractivity contribution in [1.82, 2.24) is 9.80 Å². The van der Waals surface area contributed by atoms with Crippen molar-refractivity contribution in [1.29, 1.82) is 10.5 Å². The van der Waals surface area contributed by atoms with Crippen LogP contribution in [0.3, 0.4) is 0 Å². The fraction of sp³-hybridized carbons (Fsp3) is 0.889. The Morgan fingerprint density at radius 3 is 1.26 bits per heavy atom. The van der Waals surface area contributed by atoms with Crippen molar-refractivity contribution in [3.05, 3.63) is 0 Å². The second-order valence-electron chi connectivity index (χ2n) is 18.4. The molecule has 248 valence electrons. The Morgan fingerprint density at radius 2 is 0.957 bits per heavy atom. The molecule has 12 atom stereocenters. The number of amides is 2. The third kappa shape index (κ3) is 4.39. The number of fused-ring (bicyclic) bond motifs is 2. The molecule has 46 heavy (non-hydrogen) atoms. The minimum absolute atomic E-state index is 0.0212. The van der Waals surface area contributed by atoms with E-state index in [1.807, 2.05) is 0 Å². The Bertz CT molecular complexity index is 1300. The van der Waals surface area contributed by atoms with E-state index in [4.69, 9.17) is 11.5 Å². The third-order valence-corrected chi connectivity index (χ3v) is 15.0. The molecule has 12 fully saturated rings. The third-order valence-electron chi connectivity index (χ3n) is 15.0. The van der Waals surface area contributed by atoms with Gasteiger partial charge in [-0.05, 0) is 149 Å². The van der Waals surface area contributed by atoms with Gasteiger partial charge in [0.2, 0.25) is 11.8 Å². The van der Waals surface area contributed by atoms with Gasteiger partial charge in [0.1, 0.15) is 12.1 Å². The molecule has 6 N–H and O–H groups in total. The second kappa shape index (κ2) is 9.68. The molecule has 0 aromatic carbocycles. The molecule has 0 spiro atoms. The lowest BCUT2D eigenvalue weighted by atomic mass is 9.46. The summed E-state index contributed by atoms with van der Waals surface area (Å²) in [5.74, 6) is 3.11. The Morgan fingerprint density at radius 1 is 0.609 bits per heavy atom. The van der Waals surface area contributed by atoms with Crippen LogP contribution in [0.15, 0.2) is 0 Å². The number of carbonyl (C=O) groups excluding carboxylic acids is 2. The van der Waals surface area contributed by atoms with Gasteiger partial charge in [0.05, 0.1) is 35.4 Å². The number of likely N-dealkylation sites (tertiary alicyclic amines) is 2. The fourth-order valence-corrected chi connectivity index (χ4v) is 13.9. The molecule has 8 bridgehead atoms. The minimum atomic E-state index is -0.594. The lowest BCUT2D eigenvalue weighted by molar-refractivity contribution is -0.178. The van der Waals surface area contributed by atoms with Gasteiger partial charge >= 0.3 is 0 Å². The first-order valence-electron chi connectivity index (χ1n) is 18.3. The van der Waals surface area contributed by atoms with Gasteiger partial charge in [-0.2, -0.15) is 10.5 Å². The first-order valence-corrected chi connectivity index (χ1v) is 18.3. The average molecular weight is 631 g/mol. The molecular weight excluding hydrogens is 580 g/mol. The lowest BCUT2D eigenvalue weighted by Crippen LogP contribution is -2.64. The number of nitrogens with zero attached hydrogens (tertiary/aromatic N) is 4. The molecule has 12 rings (SSSR count). The van der Waals surface area contributed by atoms with Crippen LogP contribution < -0.4 is 11.5 Å². The molecule has 2 heterocycles. The summed E-state index contributed by atoms with van der Waals surface area (Å²) in [5.41, 5.74) is 11.4. The Hall–Kier alpha value is -2.24. The van der Waals surface area contributed by atoms with Crippen LogP contribution in [0.2, 0.25) is 0 Å². The van der Waals surface area contributed by atoms with Crippen molar-refractivity contribution < 1.29 is 19.8 Å². The van der Waals surface area contributed by atoms with Gasteiger partial charge < -0.3 is 31.5 Å². The topological polar surface area (TPSA) is 181 Å². The summed E-state index contributed by atoms with van der Waals surface area (Å²) in [6.07, 6.45) is 15.0. The standard InChI is InChI=1S/2C18H25N3O2/c2*19-8-13-2-12-3-14(12)21(13)16(22)15(20)17-4-10-1-11(5-17)7-18(23,6-10)9-17/h2*10-15,23H,1-7,9,20H2/t2*10?,11?,12-,13+,14+,15-,17?,18?/m11/s1. The Kier molecular flexibility index (Phi) is 6.29. The Labute approximate surface area is 271 Å². The summed E-state index contributed by atoms with van der Waals surface area (Å²) >= 11 is 0. The van der Waals surface area contributed by atoms with Crippen molar-refractivity contribution in [2.45, 2.75) is 150 Å². The number of rotatable bonds is 4. The number of carbonyl (C=O) groups is 2. The normalized spacial score (nSPS) is 53.8. The van der Waals surface area contributed by atoms with E-state index in [9.17, 15) is 30.3 Å². The van der Waals surface area contributed by atoms with E-state index < -0.39 is 23.3 Å². The predicted molar refractivity (Wildman–Crippen MR) is 166 cm³/mol. The van der Waals surface area contributed by atoms with Crippen LogP contribution in [-0.2, 0) is 9.59 Å². The van der Waals surface area contributed by atoms with Gasteiger partial charge in [-0.15, -0.1) is 0 Å². The van der Waals surface area contributed by atoms with Crippen LogP contribution in [0.25, 0.3) is 0 Å². The molecule has 12 aliphatic rings. The molecule has 10 nitrogen and oxygen atoms in total. The second-order valence-corrected chi connectivity index (χ2v) is 18.4. The van der Waals surface area contributed by atoms with E-state index in [1.54, 1.807) is 9.80 Å². The Balaban J connectivity index is 0.000000127. The first kappa shape index (κ1) is 29.9. The quantitative estimate of drug-likeness (QED) is 0.365. The molecular formula is C36H50N6O4. The lowest BCUT2D eigenvalue weighted by Gasteiger charge is -2.61. The number of hydrogen-bond donors (Lipinski definition) is 4. The fourth-order valence-electron chi connectivity index (χ4n) is 13.9. The maximum absolute atomic E-state index is 13.1. The smallest absolute Gasteiger partial charge is 0.241 e. The summed E-state index contributed by atoms with van der Waals surface area (Å²) in [6, 6.07) is 3.44. The highest BCUT2D eigenvalue weighted by molar-refractivity contribution is 5.85.